The van der Waals surface area contributed by atoms with E-state index in [1.165, 1.54) is 41.4 Å². The van der Waals surface area contributed by atoms with E-state index in [0.29, 0.717) is 18.7 Å². The maximum Gasteiger partial charge on any atom is 0.0900 e. The molecular formula is C16H27N3OS. The predicted molar refractivity (Wildman–Crippen MR) is 86.7 cm³/mol. The Bertz CT molecular complexity index is 476. The van der Waals surface area contributed by atoms with E-state index in [1.54, 1.807) is 0 Å². The van der Waals surface area contributed by atoms with Gasteiger partial charge in [0.05, 0.1) is 17.3 Å². The molecule has 0 bridgehead atoms. The third kappa shape index (κ3) is 3.47. The number of hydrogen-bond acceptors (Lipinski definition) is 5. The van der Waals surface area contributed by atoms with E-state index in [-0.39, 0.29) is 0 Å². The number of nitrogens with zero attached hydrogens (tertiary/aromatic N) is 3. The van der Waals surface area contributed by atoms with Gasteiger partial charge in [0.1, 0.15) is 0 Å². The number of thiazole rings is 1. The quantitative estimate of drug-likeness (QED) is 0.905. The molecule has 1 aromatic rings. The minimum absolute atomic E-state index is 0.319. The zero-order valence-corrected chi connectivity index (χ0v) is 14.0. The molecule has 2 atom stereocenters. The molecule has 0 amide bonds. The van der Waals surface area contributed by atoms with E-state index in [0.717, 1.165) is 26.1 Å². The van der Waals surface area contributed by atoms with Gasteiger partial charge in [0.15, 0.2) is 0 Å². The topological polar surface area (TPSA) is 39.6 Å². The maximum absolute atomic E-state index is 9.49. The molecule has 0 radical (unpaired) electrons. The molecule has 118 valence electrons. The third-order valence-electron chi connectivity index (χ3n) is 5.00. The van der Waals surface area contributed by atoms with E-state index in [2.05, 4.69) is 28.6 Å². The number of likely N-dealkylation sites (tertiary alicyclic amines) is 2. The number of aliphatic hydroxyl groups excluding tert-OH is 1. The van der Waals surface area contributed by atoms with Crippen LogP contribution in [-0.2, 0) is 6.54 Å². The lowest BCUT2D eigenvalue weighted by atomic mass is 10.2. The van der Waals surface area contributed by atoms with Crippen molar-refractivity contribution in [2.75, 3.05) is 26.2 Å². The van der Waals surface area contributed by atoms with Gasteiger partial charge in [-0.3, -0.25) is 9.80 Å². The molecule has 2 saturated heterocycles. The molecule has 0 saturated carbocycles. The molecule has 2 aliphatic rings. The Hall–Kier alpha value is -0.490. The van der Waals surface area contributed by atoms with Crippen LogP contribution in [0.5, 0.6) is 0 Å². The highest BCUT2D eigenvalue weighted by Crippen LogP contribution is 2.27. The van der Waals surface area contributed by atoms with E-state index < -0.39 is 0 Å². The van der Waals surface area contributed by atoms with Gasteiger partial charge in [0, 0.05) is 30.1 Å². The van der Waals surface area contributed by atoms with Gasteiger partial charge in [-0.2, -0.15) is 0 Å². The van der Waals surface area contributed by atoms with Crippen LogP contribution in [0.4, 0.5) is 0 Å². The lowest BCUT2D eigenvalue weighted by Crippen LogP contribution is -2.43. The van der Waals surface area contributed by atoms with Gasteiger partial charge in [0.25, 0.3) is 0 Å². The second kappa shape index (κ2) is 6.73. The third-order valence-corrected chi connectivity index (χ3v) is 6.06. The van der Waals surface area contributed by atoms with Crippen molar-refractivity contribution in [3.63, 3.8) is 0 Å². The van der Waals surface area contributed by atoms with Crippen molar-refractivity contribution in [3.05, 3.63) is 15.6 Å². The minimum Gasteiger partial charge on any atom is -0.395 e. The molecule has 2 unspecified atom stereocenters. The summed E-state index contributed by atoms with van der Waals surface area (Å²) in [6.07, 6.45) is 5.01. The smallest absolute Gasteiger partial charge is 0.0900 e. The molecule has 0 aromatic carbocycles. The number of aliphatic hydroxyl groups is 1. The fourth-order valence-electron chi connectivity index (χ4n) is 3.83. The molecule has 1 aromatic heterocycles. The second-order valence-electron chi connectivity index (χ2n) is 6.48. The summed E-state index contributed by atoms with van der Waals surface area (Å²) in [6.45, 7) is 9.10. The summed E-state index contributed by atoms with van der Waals surface area (Å²) in [4.78, 5) is 11.1. The zero-order chi connectivity index (χ0) is 14.8. The first-order valence-electron chi connectivity index (χ1n) is 8.19. The standard InChI is InChI=1S/C16H27N3OS/c1-12-16(21-13(2)17-12)10-19-8-3-5-14(19)9-18-7-4-6-15(18)11-20/h14-15,20H,3-11H2,1-2H3. The van der Waals surface area contributed by atoms with Gasteiger partial charge in [-0.1, -0.05) is 0 Å². The number of hydrogen-bond donors (Lipinski definition) is 1. The molecule has 2 fully saturated rings. The van der Waals surface area contributed by atoms with Crippen LogP contribution < -0.4 is 0 Å². The average molecular weight is 309 g/mol. The predicted octanol–water partition coefficient (Wildman–Crippen LogP) is 2.18. The zero-order valence-electron chi connectivity index (χ0n) is 13.2. The minimum atomic E-state index is 0.319. The monoisotopic (exact) mass is 309 g/mol. The van der Waals surface area contributed by atoms with Crippen LogP contribution in [0.25, 0.3) is 0 Å². The van der Waals surface area contributed by atoms with Gasteiger partial charge in [-0.15, -0.1) is 11.3 Å². The van der Waals surface area contributed by atoms with E-state index in [1.807, 2.05) is 11.3 Å². The normalized spacial score (nSPS) is 27.8. The Balaban J connectivity index is 1.61. The van der Waals surface area contributed by atoms with Crippen LogP contribution in [0.15, 0.2) is 0 Å². The van der Waals surface area contributed by atoms with E-state index in [9.17, 15) is 5.11 Å². The van der Waals surface area contributed by atoms with Crippen LogP contribution in [0.3, 0.4) is 0 Å². The fraction of sp³-hybridized carbons (Fsp3) is 0.812. The maximum atomic E-state index is 9.49. The summed E-state index contributed by atoms with van der Waals surface area (Å²) in [5.41, 5.74) is 1.21. The molecule has 5 heteroatoms. The summed E-state index contributed by atoms with van der Waals surface area (Å²) in [5, 5.41) is 10.7. The van der Waals surface area contributed by atoms with Gasteiger partial charge < -0.3 is 5.11 Å². The number of rotatable bonds is 5. The lowest BCUT2D eigenvalue weighted by Gasteiger charge is -2.31. The van der Waals surface area contributed by atoms with Gasteiger partial charge in [-0.25, -0.2) is 4.98 Å². The van der Waals surface area contributed by atoms with Crippen molar-refractivity contribution in [3.8, 4) is 0 Å². The first-order valence-corrected chi connectivity index (χ1v) is 9.01. The first-order chi connectivity index (χ1) is 10.2. The Morgan fingerprint density at radius 1 is 1.14 bits per heavy atom. The SMILES string of the molecule is Cc1nc(C)c(CN2CCCC2CN2CCCC2CO)s1. The Morgan fingerprint density at radius 3 is 2.52 bits per heavy atom. The van der Waals surface area contributed by atoms with Crippen molar-refractivity contribution in [1.29, 1.82) is 0 Å². The number of aryl methyl sites for hydroxylation is 2. The Kier molecular flexibility index (Phi) is 4.94. The Labute approximate surface area is 131 Å². The Morgan fingerprint density at radius 2 is 1.86 bits per heavy atom. The van der Waals surface area contributed by atoms with Gasteiger partial charge in [0.2, 0.25) is 0 Å². The summed E-state index contributed by atoms with van der Waals surface area (Å²) < 4.78 is 0. The molecule has 3 rings (SSSR count). The summed E-state index contributed by atoms with van der Waals surface area (Å²) in [7, 11) is 0. The largest absolute Gasteiger partial charge is 0.395 e. The van der Waals surface area contributed by atoms with Crippen molar-refractivity contribution in [1.82, 2.24) is 14.8 Å². The molecule has 21 heavy (non-hydrogen) atoms. The lowest BCUT2D eigenvalue weighted by molar-refractivity contribution is 0.120. The van der Waals surface area contributed by atoms with Crippen molar-refractivity contribution < 1.29 is 5.11 Å². The first kappa shape index (κ1) is 15.4. The van der Waals surface area contributed by atoms with Crippen LogP contribution in [0.2, 0.25) is 0 Å². The average Bonchev–Trinajstić information content (AvgIpc) is 3.14. The highest BCUT2D eigenvalue weighted by molar-refractivity contribution is 7.11. The van der Waals surface area contributed by atoms with Gasteiger partial charge >= 0.3 is 0 Å². The fourth-order valence-corrected chi connectivity index (χ4v) is 4.79. The molecule has 0 aliphatic carbocycles. The molecular weight excluding hydrogens is 282 g/mol. The van der Waals surface area contributed by atoms with Crippen LogP contribution in [0, 0.1) is 13.8 Å². The van der Waals surface area contributed by atoms with Crippen molar-refractivity contribution in [2.45, 2.75) is 58.2 Å². The molecule has 0 spiro atoms. The second-order valence-corrected chi connectivity index (χ2v) is 7.77. The van der Waals surface area contributed by atoms with Crippen molar-refractivity contribution in [2.24, 2.45) is 0 Å². The molecule has 4 nitrogen and oxygen atoms in total. The molecule has 1 N–H and O–H groups in total. The van der Waals surface area contributed by atoms with Gasteiger partial charge in [-0.05, 0) is 52.6 Å². The summed E-state index contributed by atoms with van der Waals surface area (Å²) in [5.74, 6) is 0. The van der Waals surface area contributed by atoms with E-state index >= 15 is 0 Å². The van der Waals surface area contributed by atoms with E-state index in [4.69, 9.17) is 0 Å². The van der Waals surface area contributed by atoms with Crippen LogP contribution in [-0.4, -0.2) is 58.2 Å². The molecule has 2 aliphatic heterocycles. The molecule has 3 heterocycles. The van der Waals surface area contributed by atoms with Crippen LogP contribution in [0.1, 0.15) is 41.3 Å². The summed E-state index contributed by atoms with van der Waals surface area (Å²) in [6, 6.07) is 1.05. The highest BCUT2D eigenvalue weighted by atomic mass is 32.1. The number of aromatic nitrogens is 1. The van der Waals surface area contributed by atoms with Crippen LogP contribution >= 0.6 is 11.3 Å². The highest BCUT2D eigenvalue weighted by Gasteiger charge is 2.31. The summed E-state index contributed by atoms with van der Waals surface area (Å²) >= 11 is 1.84. The van der Waals surface area contributed by atoms with Crippen molar-refractivity contribution >= 4 is 11.3 Å².